The number of nitrogens with two attached hydrogens (primary N) is 1. The van der Waals surface area contributed by atoms with Gasteiger partial charge in [-0.15, -0.1) is 0 Å². The first kappa shape index (κ1) is 19.7. The minimum absolute atomic E-state index is 0.307. The number of nitrogens with zero attached hydrogens (tertiary/aromatic N) is 1. The molecule has 0 aliphatic heterocycles. The summed E-state index contributed by atoms with van der Waals surface area (Å²) < 4.78 is 11.5. The molecule has 3 N–H and O–H groups in total. The Kier molecular flexibility index (Phi) is 8.99. The summed E-state index contributed by atoms with van der Waals surface area (Å²) in [5.74, 6) is 1.40. The highest BCUT2D eigenvalue weighted by atomic mass is 16.5. The van der Waals surface area contributed by atoms with Crippen LogP contribution in [0, 0.1) is 0 Å². The van der Waals surface area contributed by atoms with Crippen LogP contribution in [0.3, 0.4) is 0 Å². The number of ether oxygens (including phenoxy) is 2. The van der Waals surface area contributed by atoms with Gasteiger partial charge < -0.3 is 25.2 Å². The molecule has 0 heterocycles. The minimum atomic E-state index is -0.709. The fraction of sp³-hybridized carbons (Fsp3) is 0.667. The van der Waals surface area contributed by atoms with Gasteiger partial charge in [0.2, 0.25) is 0 Å². The SMILES string of the molecule is CCCOc1ccc(C(O)C(N)CCN(C)C)cc1OCCC. The van der Waals surface area contributed by atoms with Gasteiger partial charge in [-0.05, 0) is 57.6 Å². The molecular weight excluding hydrogens is 292 g/mol. The first-order valence-electron chi connectivity index (χ1n) is 8.47. The summed E-state index contributed by atoms with van der Waals surface area (Å²) >= 11 is 0. The molecule has 0 aliphatic carbocycles. The van der Waals surface area contributed by atoms with Crippen LogP contribution in [0.2, 0.25) is 0 Å². The standard InChI is InChI=1S/C18H32N2O3/c1-5-11-22-16-8-7-14(13-17(16)23-12-6-2)18(21)15(19)9-10-20(3)4/h7-8,13,15,18,21H,5-6,9-12,19H2,1-4H3. The van der Waals surface area contributed by atoms with Gasteiger partial charge >= 0.3 is 0 Å². The van der Waals surface area contributed by atoms with E-state index in [1.165, 1.54) is 0 Å². The molecule has 0 saturated carbocycles. The van der Waals surface area contributed by atoms with Crippen LogP contribution < -0.4 is 15.2 Å². The van der Waals surface area contributed by atoms with Crippen LogP contribution in [0.15, 0.2) is 18.2 Å². The number of hydrogen-bond acceptors (Lipinski definition) is 5. The summed E-state index contributed by atoms with van der Waals surface area (Å²) in [6.07, 6.45) is 1.88. The van der Waals surface area contributed by atoms with Crippen molar-refractivity contribution in [3.8, 4) is 11.5 Å². The molecule has 0 saturated heterocycles. The lowest BCUT2D eigenvalue weighted by molar-refractivity contribution is 0.137. The Balaban J connectivity index is 2.84. The monoisotopic (exact) mass is 324 g/mol. The van der Waals surface area contributed by atoms with Crippen LogP contribution in [0.25, 0.3) is 0 Å². The van der Waals surface area contributed by atoms with Gasteiger partial charge in [0.15, 0.2) is 11.5 Å². The van der Waals surface area contributed by atoms with Crippen molar-refractivity contribution in [2.45, 2.75) is 45.3 Å². The second kappa shape index (κ2) is 10.5. The van der Waals surface area contributed by atoms with E-state index in [9.17, 15) is 5.11 Å². The fourth-order valence-corrected chi connectivity index (χ4v) is 2.18. The average molecular weight is 324 g/mol. The topological polar surface area (TPSA) is 68.0 Å². The van der Waals surface area contributed by atoms with Gasteiger partial charge in [0.1, 0.15) is 0 Å². The Morgan fingerprint density at radius 3 is 2.26 bits per heavy atom. The van der Waals surface area contributed by atoms with Gasteiger partial charge in [0.25, 0.3) is 0 Å². The number of rotatable bonds is 11. The molecule has 1 aromatic carbocycles. The van der Waals surface area contributed by atoms with E-state index in [1.807, 2.05) is 32.3 Å². The molecule has 5 nitrogen and oxygen atoms in total. The first-order valence-corrected chi connectivity index (χ1v) is 8.47. The highest BCUT2D eigenvalue weighted by molar-refractivity contribution is 5.44. The molecule has 0 aliphatic rings. The van der Waals surface area contributed by atoms with Crippen molar-refractivity contribution >= 4 is 0 Å². The largest absolute Gasteiger partial charge is 0.490 e. The summed E-state index contributed by atoms with van der Waals surface area (Å²) in [4.78, 5) is 2.06. The van der Waals surface area contributed by atoms with Crippen molar-refractivity contribution in [1.82, 2.24) is 4.90 Å². The molecule has 0 bridgehead atoms. The van der Waals surface area contributed by atoms with Crippen molar-refractivity contribution < 1.29 is 14.6 Å². The van der Waals surface area contributed by atoms with E-state index < -0.39 is 6.10 Å². The zero-order chi connectivity index (χ0) is 17.2. The summed E-state index contributed by atoms with van der Waals surface area (Å²) in [6.45, 7) is 6.23. The fourth-order valence-electron chi connectivity index (χ4n) is 2.18. The Labute approximate surface area is 140 Å². The molecule has 1 rings (SSSR count). The van der Waals surface area contributed by atoms with Gasteiger partial charge in [-0.1, -0.05) is 19.9 Å². The third kappa shape index (κ3) is 6.77. The summed E-state index contributed by atoms with van der Waals surface area (Å²) in [5.41, 5.74) is 6.89. The molecule has 0 fully saturated rings. The van der Waals surface area contributed by atoms with E-state index >= 15 is 0 Å². The third-order valence-electron chi connectivity index (χ3n) is 3.55. The van der Waals surface area contributed by atoms with Gasteiger partial charge in [-0.2, -0.15) is 0 Å². The predicted molar refractivity (Wildman–Crippen MR) is 94.1 cm³/mol. The quantitative estimate of drug-likeness (QED) is 0.655. The average Bonchev–Trinajstić information content (AvgIpc) is 2.55. The molecule has 132 valence electrons. The maximum Gasteiger partial charge on any atom is 0.161 e. The zero-order valence-electron chi connectivity index (χ0n) is 14.9. The lowest BCUT2D eigenvalue weighted by Gasteiger charge is -2.22. The molecule has 0 spiro atoms. The molecule has 2 unspecified atom stereocenters. The smallest absolute Gasteiger partial charge is 0.161 e. The van der Waals surface area contributed by atoms with Crippen molar-refractivity contribution in [2.24, 2.45) is 5.73 Å². The lowest BCUT2D eigenvalue weighted by atomic mass is 10.00. The van der Waals surface area contributed by atoms with E-state index in [1.54, 1.807) is 0 Å². The maximum atomic E-state index is 10.5. The Morgan fingerprint density at radius 2 is 1.70 bits per heavy atom. The van der Waals surface area contributed by atoms with Crippen molar-refractivity contribution in [3.63, 3.8) is 0 Å². The van der Waals surface area contributed by atoms with Crippen LogP contribution in [-0.2, 0) is 0 Å². The van der Waals surface area contributed by atoms with E-state index in [0.29, 0.717) is 19.0 Å². The highest BCUT2D eigenvalue weighted by Crippen LogP contribution is 2.32. The van der Waals surface area contributed by atoms with E-state index in [4.69, 9.17) is 15.2 Å². The van der Waals surface area contributed by atoms with Crippen LogP contribution in [-0.4, -0.2) is 49.9 Å². The van der Waals surface area contributed by atoms with Crippen LogP contribution >= 0.6 is 0 Å². The second-order valence-corrected chi connectivity index (χ2v) is 6.10. The molecule has 0 amide bonds. The number of aliphatic hydroxyl groups is 1. The lowest BCUT2D eigenvalue weighted by Crippen LogP contribution is -2.32. The van der Waals surface area contributed by atoms with Crippen LogP contribution in [0.1, 0.15) is 44.8 Å². The zero-order valence-corrected chi connectivity index (χ0v) is 14.9. The first-order chi connectivity index (χ1) is 11.0. The molecule has 1 aromatic rings. The Hall–Kier alpha value is -1.30. The van der Waals surface area contributed by atoms with Crippen LogP contribution in [0.5, 0.6) is 11.5 Å². The third-order valence-corrected chi connectivity index (χ3v) is 3.55. The molecule has 2 atom stereocenters. The summed E-state index contributed by atoms with van der Waals surface area (Å²) in [5, 5.41) is 10.5. The number of benzene rings is 1. The van der Waals surface area contributed by atoms with Crippen molar-refractivity contribution in [1.29, 1.82) is 0 Å². The molecule has 0 radical (unpaired) electrons. The Morgan fingerprint density at radius 1 is 1.09 bits per heavy atom. The highest BCUT2D eigenvalue weighted by Gasteiger charge is 2.19. The van der Waals surface area contributed by atoms with Gasteiger partial charge in [0.05, 0.1) is 19.3 Å². The number of aliphatic hydroxyl groups excluding tert-OH is 1. The van der Waals surface area contributed by atoms with Gasteiger partial charge in [-0.25, -0.2) is 0 Å². The van der Waals surface area contributed by atoms with Gasteiger partial charge in [0, 0.05) is 6.04 Å². The maximum absolute atomic E-state index is 10.5. The van der Waals surface area contributed by atoms with Crippen molar-refractivity contribution in [3.05, 3.63) is 23.8 Å². The molecule has 23 heavy (non-hydrogen) atoms. The van der Waals surface area contributed by atoms with E-state index in [0.717, 1.165) is 37.1 Å². The normalized spacial score (nSPS) is 13.9. The molecular formula is C18H32N2O3. The molecule has 0 aromatic heterocycles. The second-order valence-electron chi connectivity index (χ2n) is 6.10. The number of hydrogen-bond donors (Lipinski definition) is 2. The Bertz CT molecular complexity index is 452. The summed E-state index contributed by atoms with van der Waals surface area (Å²) in [6, 6.07) is 5.27. The minimum Gasteiger partial charge on any atom is -0.490 e. The summed E-state index contributed by atoms with van der Waals surface area (Å²) in [7, 11) is 3.99. The molecule has 5 heteroatoms. The van der Waals surface area contributed by atoms with E-state index in [2.05, 4.69) is 18.7 Å². The van der Waals surface area contributed by atoms with Crippen LogP contribution in [0.4, 0.5) is 0 Å². The van der Waals surface area contributed by atoms with E-state index in [-0.39, 0.29) is 6.04 Å². The predicted octanol–water partition coefficient (Wildman–Crippen LogP) is 2.58. The van der Waals surface area contributed by atoms with Crippen molar-refractivity contribution in [2.75, 3.05) is 33.9 Å². The van der Waals surface area contributed by atoms with Gasteiger partial charge in [-0.3, -0.25) is 0 Å².